The molecule has 0 spiro atoms. The third-order valence-corrected chi connectivity index (χ3v) is 3.51. The second-order valence-electron chi connectivity index (χ2n) is 5.22. The predicted octanol–water partition coefficient (Wildman–Crippen LogP) is 0.0489. The van der Waals surface area contributed by atoms with E-state index in [4.69, 9.17) is 5.73 Å². The summed E-state index contributed by atoms with van der Waals surface area (Å²) in [6.07, 6.45) is 0.444. The fourth-order valence-corrected chi connectivity index (χ4v) is 1.81. The standard InChI is InChI=1S/C12H23N3O2/c1-8(2)14(4)12(17)7-15-6-10(13)9(3)5-11(15)16/h8-10H,5-7,13H2,1-4H3. The number of nitrogens with zero attached hydrogens (tertiary/aromatic N) is 2. The van der Waals surface area contributed by atoms with Crippen LogP contribution in [0.3, 0.4) is 0 Å². The van der Waals surface area contributed by atoms with Gasteiger partial charge in [-0.2, -0.15) is 0 Å². The summed E-state index contributed by atoms with van der Waals surface area (Å²) in [4.78, 5) is 26.9. The van der Waals surface area contributed by atoms with Gasteiger partial charge in [-0.15, -0.1) is 0 Å². The number of hydrogen-bond acceptors (Lipinski definition) is 3. The highest BCUT2D eigenvalue weighted by atomic mass is 16.2. The summed E-state index contributed by atoms with van der Waals surface area (Å²) in [6, 6.07) is 0.125. The van der Waals surface area contributed by atoms with Crippen molar-refractivity contribution in [3.05, 3.63) is 0 Å². The third kappa shape index (κ3) is 3.43. The lowest BCUT2D eigenvalue weighted by molar-refractivity contribution is -0.143. The average molecular weight is 241 g/mol. The van der Waals surface area contributed by atoms with Crippen LogP contribution in [0.1, 0.15) is 27.2 Å². The van der Waals surface area contributed by atoms with Gasteiger partial charge in [0, 0.05) is 32.1 Å². The number of likely N-dealkylation sites (N-methyl/N-ethyl adjacent to an activating group) is 1. The van der Waals surface area contributed by atoms with Crippen LogP contribution in [0, 0.1) is 5.92 Å². The van der Waals surface area contributed by atoms with Crippen molar-refractivity contribution in [2.24, 2.45) is 11.7 Å². The van der Waals surface area contributed by atoms with Crippen LogP contribution in [0.15, 0.2) is 0 Å². The van der Waals surface area contributed by atoms with Crippen molar-refractivity contribution in [3.8, 4) is 0 Å². The van der Waals surface area contributed by atoms with E-state index >= 15 is 0 Å². The molecule has 2 unspecified atom stereocenters. The van der Waals surface area contributed by atoms with Crippen molar-refractivity contribution in [1.82, 2.24) is 9.80 Å². The highest BCUT2D eigenvalue weighted by Crippen LogP contribution is 2.16. The first-order valence-corrected chi connectivity index (χ1v) is 6.12. The first-order chi connectivity index (χ1) is 7.82. The van der Waals surface area contributed by atoms with Crippen molar-refractivity contribution in [1.29, 1.82) is 0 Å². The number of hydrogen-bond donors (Lipinski definition) is 1. The summed E-state index contributed by atoms with van der Waals surface area (Å²) in [5.74, 6) is 0.205. The largest absolute Gasteiger partial charge is 0.342 e. The van der Waals surface area contributed by atoms with E-state index in [2.05, 4.69) is 0 Å². The molecule has 2 amide bonds. The van der Waals surface area contributed by atoms with Gasteiger partial charge >= 0.3 is 0 Å². The summed E-state index contributed by atoms with van der Waals surface area (Å²) in [6.45, 7) is 6.50. The van der Waals surface area contributed by atoms with E-state index in [1.807, 2.05) is 20.8 Å². The minimum atomic E-state index is -0.0323. The minimum absolute atomic E-state index is 0.0233. The maximum absolute atomic E-state index is 11.9. The van der Waals surface area contributed by atoms with Crippen molar-refractivity contribution in [3.63, 3.8) is 0 Å². The molecule has 1 aliphatic rings. The van der Waals surface area contributed by atoms with Crippen molar-refractivity contribution in [2.45, 2.75) is 39.3 Å². The lowest BCUT2D eigenvalue weighted by Gasteiger charge is -2.35. The number of rotatable bonds is 3. The Kier molecular flexibility index (Phi) is 4.51. The number of carbonyl (C=O) groups excluding carboxylic acids is 2. The zero-order chi connectivity index (χ0) is 13.2. The van der Waals surface area contributed by atoms with Crippen molar-refractivity contribution < 1.29 is 9.59 Å². The van der Waals surface area contributed by atoms with Gasteiger partial charge in [-0.3, -0.25) is 9.59 Å². The summed E-state index contributed by atoms with van der Waals surface area (Å²) in [5.41, 5.74) is 5.92. The zero-order valence-corrected chi connectivity index (χ0v) is 11.1. The minimum Gasteiger partial charge on any atom is -0.342 e. The highest BCUT2D eigenvalue weighted by molar-refractivity contribution is 5.85. The van der Waals surface area contributed by atoms with E-state index in [-0.39, 0.29) is 36.4 Å². The maximum Gasteiger partial charge on any atom is 0.242 e. The molecule has 5 nitrogen and oxygen atoms in total. The summed E-state index contributed by atoms with van der Waals surface area (Å²) in [5, 5.41) is 0. The van der Waals surface area contributed by atoms with Gasteiger partial charge in [-0.1, -0.05) is 6.92 Å². The number of carbonyl (C=O) groups is 2. The van der Waals surface area contributed by atoms with Crippen LogP contribution in [0.4, 0.5) is 0 Å². The van der Waals surface area contributed by atoms with Crippen molar-refractivity contribution in [2.75, 3.05) is 20.1 Å². The molecule has 0 radical (unpaired) electrons. The van der Waals surface area contributed by atoms with E-state index in [0.29, 0.717) is 13.0 Å². The smallest absolute Gasteiger partial charge is 0.242 e. The number of piperidine rings is 1. The Morgan fingerprint density at radius 2 is 2.18 bits per heavy atom. The molecule has 0 aliphatic carbocycles. The summed E-state index contributed by atoms with van der Waals surface area (Å²) in [7, 11) is 1.75. The molecule has 0 aromatic carbocycles. The molecule has 2 atom stereocenters. The molecule has 1 saturated heterocycles. The van der Waals surface area contributed by atoms with Gasteiger partial charge in [-0.25, -0.2) is 0 Å². The number of likely N-dealkylation sites (tertiary alicyclic amines) is 1. The van der Waals surface area contributed by atoms with Crippen LogP contribution >= 0.6 is 0 Å². The maximum atomic E-state index is 11.9. The second kappa shape index (κ2) is 5.49. The molecule has 5 heteroatoms. The molecular weight excluding hydrogens is 218 g/mol. The van der Waals surface area contributed by atoms with Gasteiger partial charge in [0.25, 0.3) is 0 Å². The predicted molar refractivity (Wildman–Crippen MR) is 66.2 cm³/mol. The average Bonchev–Trinajstić information content (AvgIpc) is 2.24. The van der Waals surface area contributed by atoms with Gasteiger partial charge in [0.15, 0.2) is 0 Å². The summed E-state index contributed by atoms with van der Waals surface area (Å²) >= 11 is 0. The fraction of sp³-hybridized carbons (Fsp3) is 0.833. The van der Waals surface area contributed by atoms with E-state index < -0.39 is 0 Å². The van der Waals surface area contributed by atoms with Crippen LogP contribution in [0.2, 0.25) is 0 Å². The molecular formula is C12H23N3O2. The molecule has 1 heterocycles. The van der Waals surface area contributed by atoms with Crippen LogP contribution < -0.4 is 5.73 Å². The molecule has 0 aromatic heterocycles. The molecule has 17 heavy (non-hydrogen) atoms. The van der Waals surface area contributed by atoms with E-state index in [1.54, 1.807) is 16.8 Å². The normalized spacial score (nSPS) is 25.3. The van der Waals surface area contributed by atoms with Crippen LogP contribution in [0.25, 0.3) is 0 Å². The van der Waals surface area contributed by atoms with Crippen molar-refractivity contribution >= 4 is 11.8 Å². The molecule has 1 fully saturated rings. The second-order valence-corrected chi connectivity index (χ2v) is 5.22. The molecule has 0 aromatic rings. The lowest BCUT2D eigenvalue weighted by atomic mass is 9.94. The SMILES string of the molecule is CC1CC(=O)N(CC(=O)N(C)C(C)C)CC1N. The monoisotopic (exact) mass is 241 g/mol. The molecule has 0 bridgehead atoms. The first kappa shape index (κ1) is 14.0. The van der Waals surface area contributed by atoms with Gasteiger partial charge in [0.1, 0.15) is 0 Å². The van der Waals surface area contributed by atoms with Gasteiger partial charge in [0.2, 0.25) is 11.8 Å². The molecule has 2 N–H and O–H groups in total. The Hall–Kier alpha value is -1.10. The third-order valence-electron chi connectivity index (χ3n) is 3.51. The van der Waals surface area contributed by atoms with E-state index in [0.717, 1.165) is 0 Å². The van der Waals surface area contributed by atoms with Crippen LogP contribution in [-0.4, -0.2) is 53.8 Å². The van der Waals surface area contributed by atoms with Crippen LogP contribution in [-0.2, 0) is 9.59 Å². The van der Waals surface area contributed by atoms with Gasteiger partial charge in [-0.05, 0) is 19.8 Å². The Bertz CT molecular complexity index is 304. The molecule has 98 valence electrons. The molecule has 1 aliphatic heterocycles. The topological polar surface area (TPSA) is 66.6 Å². The lowest BCUT2D eigenvalue weighted by Crippen LogP contribution is -2.53. The number of nitrogens with two attached hydrogens (primary N) is 1. The quantitative estimate of drug-likeness (QED) is 0.759. The Labute approximate surface area is 103 Å². The Morgan fingerprint density at radius 1 is 1.59 bits per heavy atom. The Morgan fingerprint density at radius 3 is 2.71 bits per heavy atom. The van der Waals surface area contributed by atoms with Gasteiger partial charge in [0.05, 0.1) is 6.54 Å². The molecule has 1 rings (SSSR count). The Balaban J connectivity index is 2.57. The zero-order valence-electron chi connectivity index (χ0n) is 11.1. The van der Waals surface area contributed by atoms with Crippen LogP contribution in [0.5, 0.6) is 0 Å². The fourth-order valence-electron chi connectivity index (χ4n) is 1.81. The number of amides is 2. The highest BCUT2D eigenvalue weighted by Gasteiger charge is 2.30. The molecule has 0 saturated carbocycles. The van der Waals surface area contributed by atoms with E-state index in [1.165, 1.54) is 0 Å². The van der Waals surface area contributed by atoms with Gasteiger partial charge < -0.3 is 15.5 Å². The summed E-state index contributed by atoms with van der Waals surface area (Å²) < 4.78 is 0. The first-order valence-electron chi connectivity index (χ1n) is 6.12. The van der Waals surface area contributed by atoms with E-state index in [9.17, 15) is 9.59 Å².